The molecule has 0 saturated carbocycles. The minimum Gasteiger partial charge on any atom is -0.304 e. The van der Waals surface area contributed by atoms with Crippen LogP contribution in [0.15, 0.2) is 12.1 Å². The summed E-state index contributed by atoms with van der Waals surface area (Å²) in [4.78, 5) is 6.31. The Labute approximate surface area is 162 Å². The zero-order chi connectivity index (χ0) is 17.2. The van der Waals surface area contributed by atoms with Gasteiger partial charge in [0.25, 0.3) is 0 Å². The molecule has 2 aromatic rings. The highest BCUT2D eigenvalue weighted by Gasteiger charge is 2.20. The highest BCUT2D eigenvalue weighted by molar-refractivity contribution is 7.71. The summed E-state index contributed by atoms with van der Waals surface area (Å²) < 4.78 is 6.05. The van der Waals surface area contributed by atoms with Crippen LogP contribution in [0.3, 0.4) is 0 Å². The van der Waals surface area contributed by atoms with E-state index in [-0.39, 0.29) is 0 Å². The number of aryl methyl sites for hydroxylation is 1. The van der Waals surface area contributed by atoms with Crippen LogP contribution < -0.4 is 0 Å². The van der Waals surface area contributed by atoms with Gasteiger partial charge in [-0.15, -0.1) is 11.3 Å². The number of hydrogen-bond donors (Lipinski definition) is 0. The molecule has 4 heterocycles. The van der Waals surface area contributed by atoms with E-state index in [2.05, 4.69) is 20.4 Å². The number of fused-ring (bicyclic) bond motifs is 1. The van der Waals surface area contributed by atoms with Gasteiger partial charge in [0.15, 0.2) is 4.77 Å². The number of rotatable bonds is 4. The molecule has 2 aliphatic heterocycles. The van der Waals surface area contributed by atoms with Crippen molar-refractivity contribution in [2.75, 3.05) is 26.2 Å². The van der Waals surface area contributed by atoms with E-state index >= 15 is 0 Å². The summed E-state index contributed by atoms with van der Waals surface area (Å²) in [7, 11) is 0. The summed E-state index contributed by atoms with van der Waals surface area (Å²) in [5.74, 6) is 1.18. The fraction of sp³-hybridized carbons (Fsp3) is 0.647. The van der Waals surface area contributed by atoms with E-state index < -0.39 is 0 Å². The van der Waals surface area contributed by atoms with Crippen LogP contribution in [0.2, 0.25) is 4.34 Å². The van der Waals surface area contributed by atoms with E-state index in [0.717, 1.165) is 61.5 Å². The van der Waals surface area contributed by atoms with E-state index in [1.54, 1.807) is 11.3 Å². The van der Waals surface area contributed by atoms with Gasteiger partial charge in [0.05, 0.1) is 11.0 Å². The van der Waals surface area contributed by atoms with E-state index in [1.165, 1.54) is 30.0 Å². The van der Waals surface area contributed by atoms with Gasteiger partial charge < -0.3 is 4.57 Å². The molecule has 2 aromatic heterocycles. The summed E-state index contributed by atoms with van der Waals surface area (Å²) in [6.07, 6.45) is 4.80. The van der Waals surface area contributed by atoms with E-state index in [0.29, 0.717) is 0 Å². The van der Waals surface area contributed by atoms with Gasteiger partial charge >= 0.3 is 0 Å². The SMILES string of the molecule is S=c1n(CN2CCN(Cc3ccc(Cl)s3)CC2)nc2n1CCCCC2. The van der Waals surface area contributed by atoms with Crippen molar-refractivity contribution in [2.45, 2.75) is 45.4 Å². The third-order valence-electron chi connectivity index (χ3n) is 5.09. The lowest BCUT2D eigenvalue weighted by molar-refractivity contribution is 0.0985. The van der Waals surface area contributed by atoms with E-state index in [4.69, 9.17) is 28.9 Å². The maximum atomic E-state index is 6.03. The molecule has 0 aromatic carbocycles. The Bertz CT molecular complexity index is 772. The molecular weight excluding hydrogens is 374 g/mol. The Balaban J connectivity index is 1.33. The maximum absolute atomic E-state index is 6.03. The summed E-state index contributed by atoms with van der Waals surface area (Å²) in [5, 5.41) is 4.80. The Morgan fingerprint density at radius 3 is 2.60 bits per heavy atom. The minimum absolute atomic E-state index is 0.817. The topological polar surface area (TPSA) is 29.2 Å². The molecule has 0 aliphatic carbocycles. The summed E-state index contributed by atoms with van der Waals surface area (Å²) in [6.45, 7) is 7.13. The molecule has 5 nitrogen and oxygen atoms in total. The molecule has 1 fully saturated rings. The van der Waals surface area contributed by atoms with Crippen molar-refractivity contribution >= 4 is 35.2 Å². The Morgan fingerprint density at radius 2 is 1.84 bits per heavy atom. The molecule has 136 valence electrons. The van der Waals surface area contributed by atoms with Crippen LogP contribution in [-0.2, 0) is 26.2 Å². The smallest absolute Gasteiger partial charge is 0.199 e. The van der Waals surface area contributed by atoms with Crippen LogP contribution in [0.25, 0.3) is 0 Å². The molecule has 4 rings (SSSR count). The molecule has 8 heteroatoms. The number of nitrogens with zero attached hydrogens (tertiary/aromatic N) is 5. The average Bonchev–Trinajstić information content (AvgIpc) is 3.04. The van der Waals surface area contributed by atoms with Gasteiger partial charge in [0.2, 0.25) is 0 Å². The van der Waals surface area contributed by atoms with Crippen molar-refractivity contribution < 1.29 is 0 Å². The van der Waals surface area contributed by atoms with Crippen molar-refractivity contribution in [3.63, 3.8) is 0 Å². The normalized spacial score (nSPS) is 19.7. The van der Waals surface area contributed by atoms with Crippen LogP contribution in [0.4, 0.5) is 0 Å². The van der Waals surface area contributed by atoms with Gasteiger partial charge in [-0.1, -0.05) is 18.0 Å². The van der Waals surface area contributed by atoms with Crippen LogP contribution in [0.1, 0.15) is 30.0 Å². The van der Waals surface area contributed by atoms with Gasteiger partial charge in [0, 0.05) is 50.6 Å². The molecule has 2 aliphatic rings. The molecular formula is C17H24ClN5S2. The zero-order valence-corrected chi connectivity index (χ0v) is 16.8. The lowest BCUT2D eigenvalue weighted by Crippen LogP contribution is -2.46. The van der Waals surface area contributed by atoms with Crippen LogP contribution in [-0.4, -0.2) is 50.3 Å². The van der Waals surface area contributed by atoms with Crippen molar-refractivity contribution in [3.8, 4) is 0 Å². The summed E-state index contributed by atoms with van der Waals surface area (Å²) in [5.41, 5.74) is 0. The second-order valence-corrected chi connectivity index (χ2v) is 9.07. The number of halogens is 1. The summed E-state index contributed by atoms with van der Waals surface area (Å²) in [6, 6.07) is 4.12. The first-order chi connectivity index (χ1) is 12.2. The third-order valence-corrected chi connectivity index (χ3v) is 6.74. The van der Waals surface area contributed by atoms with Gasteiger partial charge in [-0.05, 0) is 37.2 Å². The highest BCUT2D eigenvalue weighted by atomic mass is 35.5. The lowest BCUT2D eigenvalue weighted by atomic mass is 10.2. The van der Waals surface area contributed by atoms with Gasteiger partial charge in [-0.2, -0.15) is 5.10 Å². The molecule has 0 N–H and O–H groups in total. The van der Waals surface area contributed by atoms with Crippen molar-refractivity contribution in [2.24, 2.45) is 0 Å². The molecule has 25 heavy (non-hydrogen) atoms. The zero-order valence-electron chi connectivity index (χ0n) is 14.4. The standard InChI is InChI=1S/C17H24ClN5S2/c18-15-6-5-14(25-15)12-20-8-10-21(11-9-20)13-23-17(24)22-7-3-1-2-4-16(22)19-23/h5-6H,1-4,7-13H2. The van der Waals surface area contributed by atoms with Crippen molar-refractivity contribution in [1.82, 2.24) is 24.1 Å². The molecule has 0 radical (unpaired) electrons. The number of piperazine rings is 1. The highest BCUT2D eigenvalue weighted by Crippen LogP contribution is 2.23. The second kappa shape index (κ2) is 7.88. The largest absolute Gasteiger partial charge is 0.304 e. The van der Waals surface area contributed by atoms with E-state index in [1.807, 2.05) is 10.7 Å². The van der Waals surface area contributed by atoms with Crippen LogP contribution in [0, 0.1) is 4.77 Å². The van der Waals surface area contributed by atoms with Crippen LogP contribution in [0.5, 0.6) is 0 Å². The molecule has 0 unspecified atom stereocenters. The Kier molecular flexibility index (Phi) is 5.57. The molecule has 0 spiro atoms. The average molecular weight is 398 g/mol. The van der Waals surface area contributed by atoms with Gasteiger partial charge in [-0.3, -0.25) is 9.80 Å². The van der Waals surface area contributed by atoms with E-state index in [9.17, 15) is 0 Å². The Morgan fingerprint density at radius 1 is 1.04 bits per heavy atom. The first-order valence-electron chi connectivity index (χ1n) is 9.04. The summed E-state index contributed by atoms with van der Waals surface area (Å²) >= 11 is 13.4. The fourth-order valence-electron chi connectivity index (χ4n) is 3.65. The quantitative estimate of drug-likeness (QED) is 0.737. The first-order valence-corrected chi connectivity index (χ1v) is 10.6. The second-order valence-electron chi connectivity index (χ2n) is 6.90. The lowest BCUT2D eigenvalue weighted by Gasteiger charge is -2.34. The predicted octanol–water partition coefficient (Wildman–Crippen LogP) is 3.63. The van der Waals surface area contributed by atoms with Crippen molar-refractivity contribution in [1.29, 1.82) is 0 Å². The molecule has 0 amide bonds. The molecule has 1 saturated heterocycles. The molecule has 0 atom stereocenters. The van der Waals surface area contributed by atoms with Crippen LogP contribution >= 0.6 is 35.2 Å². The number of hydrogen-bond acceptors (Lipinski definition) is 5. The van der Waals surface area contributed by atoms with Gasteiger partial charge in [0.1, 0.15) is 5.82 Å². The number of thiophene rings is 1. The predicted molar refractivity (Wildman–Crippen MR) is 105 cm³/mol. The monoisotopic (exact) mass is 397 g/mol. The first kappa shape index (κ1) is 17.7. The minimum atomic E-state index is 0.817. The maximum Gasteiger partial charge on any atom is 0.199 e. The number of aromatic nitrogens is 3. The molecule has 0 bridgehead atoms. The third kappa shape index (κ3) is 4.17. The Hall–Kier alpha value is -0.730. The van der Waals surface area contributed by atoms with Gasteiger partial charge in [-0.25, -0.2) is 4.68 Å². The fourth-order valence-corrected chi connectivity index (χ4v) is 5.08. The van der Waals surface area contributed by atoms with Crippen molar-refractivity contribution in [3.05, 3.63) is 31.9 Å².